The van der Waals surface area contributed by atoms with E-state index < -0.39 is 5.54 Å². The maximum atomic E-state index is 11.8. The summed E-state index contributed by atoms with van der Waals surface area (Å²) >= 11 is 5.03. The summed E-state index contributed by atoms with van der Waals surface area (Å²) in [6.45, 7) is 8.61. The van der Waals surface area contributed by atoms with Gasteiger partial charge in [0.05, 0.1) is 17.1 Å². The molecule has 0 aromatic heterocycles. The fourth-order valence-corrected chi connectivity index (χ4v) is 2.13. The van der Waals surface area contributed by atoms with Crippen LogP contribution in [0.4, 0.5) is 0 Å². The number of imide groups is 1. The Balaban J connectivity index is 2.59. The highest BCUT2D eigenvalue weighted by Gasteiger charge is 2.40. The Morgan fingerprint density at radius 2 is 2.05 bits per heavy atom. The van der Waals surface area contributed by atoms with Crippen LogP contribution in [0.25, 0.3) is 0 Å². The summed E-state index contributed by atoms with van der Waals surface area (Å²) in [5.74, 6) is -0.477. The highest BCUT2D eigenvalue weighted by atomic mass is 32.1. The average Bonchev–Trinajstić information content (AvgIpc) is 2.25. The lowest BCUT2D eigenvalue weighted by Crippen LogP contribution is -2.64. The Morgan fingerprint density at radius 3 is 2.58 bits per heavy atom. The van der Waals surface area contributed by atoms with Gasteiger partial charge in [0.2, 0.25) is 11.8 Å². The molecule has 1 saturated heterocycles. The van der Waals surface area contributed by atoms with Crippen molar-refractivity contribution >= 4 is 29.0 Å². The lowest BCUT2D eigenvalue weighted by Gasteiger charge is -2.40. The van der Waals surface area contributed by atoms with Gasteiger partial charge in [-0.05, 0) is 33.2 Å². The molecule has 2 amide bonds. The quantitative estimate of drug-likeness (QED) is 0.578. The second-order valence-corrected chi connectivity index (χ2v) is 6.65. The van der Waals surface area contributed by atoms with Gasteiger partial charge < -0.3 is 5.73 Å². The third kappa shape index (κ3) is 3.73. The summed E-state index contributed by atoms with van der Waals surface area (Å²) in [6, 6.07) is 0. The molecule has 0 unspecified atom stereocenters. The predicted octanol–water partition coefficient (Wildman–Crippen LogP) is 0.816. The number of amides is 2. The molecular weight excluding hydrogens is 262 g/mol. The van der Waals surface area contributed by atoms with Crippen LogP contribution in [0.3, 0.4) is 0 Å². The number of nitrogens with one attached hydrogen (secondary N) is 1. The minimum Gasteiger partial charge on any atom is -0.393 e. The standard InChI is InChI=1S/C13H23N3O2S/c1-12(2,10(14)19)6-5-7-16-8-9(17)15-11(18)13(16,3)4/h5-8H2,1-4H3,(H2,14,19)(H,15,17,18). The summed E-state index contributed by atoms with van der Waals surface area (Å²) in [4.78, 5) is 25.6. The van der Waals surface area contributed by atoms with Crippen LogP contribution in [-0.4, -0.2) is 40.3 Å². The first-order valence-electron chi connectivity index (χ1n) is 6.46. The normalized spacial score (nSPS) is 20.2. The molecule has 0 aromatic carbocycles. The molecular formula is C13H23N3O2S. The van der Waals surface area contributed by atoms with E-state index in [1.165, 1.54) is 0 Å². The maximum absolute atomic E-state index is 11.8. The zero-order valence-corrected chi connectivity index (χ0v) is 12.9. The molecule has 0 bridgehead atoms. The van der Waals surface area contributed by atoms with Crippen LogP contribution in [0.1, 0.15) is 40.5 Å². The smallest absolute Gasteiger partial charge is 0.246 e. The minimum absolute atomic E-state index is 0.193. The molecule has 0 atom stereocenters. The Kier molecular flexibility index (Phi) is 4.68. The highest BCUT2D eigenvalue weighted by Crippen LogP contribution is 2.25. The lowest BCUT2D eigenvalue weighted by molar-refractivity contribution is -0.145. The molecule has 1 heterocycles. The summed E-state index contributed by atoms with van der Waals surface area (Å²) in [7, 11) is 0. The zero-order chi connectivity index (χ0) is 14.8. The van der Waals surface area contributed by atoms with Crippen LogP contribution in [0.5, 0.6) is 0 Å². The predicted molar refractivity (Wildman–Crippen MR) is 78.6 cm³/mol. The van der Waals surface area contributed by atoms with Gasteiger partial charge in [0.1, 0.15) is 0 Å². The van der Waals surface area contributed by atoms with Crippen molar-refractivity contribution in [2.24, 2.45) is 11.1 Å². The van der Waals surface area contributed by atoms with Crippen molar-refractivity contribution in [3.63, 3.8) is 0 Å². The molecule has 1 aliphatic rings. The molecule has 1 rings (SSSR count). The Bertz CT molecular complexity index is 405. The maximum Gasteiger partial charge on any atom is 0.246 e. The first kappa shape index (κ1) is 16.0. The van der Waals surface area contributed by atoms with E-state index in [4.69, 9.17) is 18.0 Å². The topological polar surface area (TPSA) is 75.4 Å². The molecule has 0 radical (unpaired) electrons. The average molecular weight is 285 g/mol. The highest BCUT2D eigenvalue weighted by molar-refractivity contribution is 7.80. The van der Waals surface area contributed by atoms with Crippen molar-refractivity contribution in [2.75, 3.05) is 13.1 Å². The molecule has 3 N–H and O–H groups in total. The van der Waals surface area contributed by atoms with Crippen LogP contribution >= 0.6 is 12.2 Å². The van der Waals surface area contributed by atoms with E-state index >= 15 is 0 Å². The SMILES string of the molecule is CC(C)(CCCN1CC(=O)NC(=O)C1(C)C)C(N)=S. The molecule has 0 saturated carbocycles. The van der Waals surface area contributed by atoms with Crippen molar-refractivity contribution in [1.29, 1.82) is 0 Å². The number of thiocarbonyl (C=S) groups is 1. The van der Waals surface area contributed by atoms with E-state index in [9.17, 15) is 9.59 Å². The Hall–Kier alpha value is -1.01. The largest absolute Gasteiger partial charge is 0.393 e. The number of carbonyl (C=O) groups is 2. The Labute approximate surface area is 119 Å². The first-order valence-corrected chi connectivity index (χ1v) is 6.87. The summed E-state index contributed by atoms with van der Waals surface area (Å²) in [5.41, 5.74) is 4.84. The summed E-state index contributed by atoms with van der Waals surface area (Å²) < 4.78 is 0. The van der Waals surface area contributed by atoms with Gasteiger partial charge in [-0.25, -0.2) is 0 Å². The van der Waals surface area contributed by atoms with Gasteiger partial charge >= 0.3 is 0 Å². The van der Waals surface area contributed by atoms with Gasteiger partial charge in [-0.1, -0.05) is 26.1 Å². The molecule has 1 aliphatic heterocycles. The second kappa shape index (κ2) is 5.54. The van der Waals surface area contributed by atoms with E-state index in [1.54, 1.807) is 0 Å². The minimum atomic E-state index is -0.652. The second-order valence-electron chi connectivity index (χ2n) is 6.21. The van der Waals surface area contributed by atoms with E-state index in [2.05, 4.69) is 5.32 Å². The lowest BCUT2D eigenvalue weighted by atomic mass is 9.87. The number of hydrogen-bond donors (Lipinski definition) is 2. The van der Waals surface area contributed by atoms with Crippen molar-refractivity contribution in [3.05, 3.63) is 0 Å². The number of carbonyl (C=O) groups excluding carboxylic acids is 2. The van der Waals surface area contributed by atoms with Gasteiger partial charge in [-0.15, -0.1) is 0 Å². The monoisotopic (exact) mass is 285 g/mol. The summed E-state index contributed by atoms with van der Waals surface area (Å²) in [6.07, 6.45) is 1.68. The fraction of sp³-hybridized carbons (Fsp3) is 0.769. The van der Waals surface area contributed by atoms with Crippen LogP contribution < -0.4 is 11.1 Å². The molecule has 0 spiro atoms. The van der Waals surface area contributed by atoms with Gasteiger partial charge in [0, 0.05) is 5.41 Å². The van der Waals surface area contributed by atoms with E-state index in [-0.39, 0.29) is 23.8 Å². The van der Waals surface area contributed by atoms with Crippen molar-refractivity contribution in [3.8, 4) is 0 Å². The number of rotatable bonds is 5. The van der Waals surface area contributed by atoms with Crippen LogP contribution in [0.15, 0.2) is 0 Å². The van der Waals surface area contributed by atoms with Crippen LogP contribution in [0.2, 0.25) is 0 Å². The molecule has 0 aromatic rings. The zero-order valence-electron chi connectivity index (χ0n) is 12.1. The first-order chi connectivity index (χ1) is 8.57. The van der Waals surface area contributed by atoms with E-state index in [0.29, 0.717) is 11.5 Å². The summed E-state index contributed by atoms with van der Waals surface area (Å²) in [5, 5.41) is 2.36. The van der Waals surface area contributed by atoms with Gasteiger partial charge in [-0.2, -0.15) is 0 Å². The molecule has 19 heavy (non-hydrogen) atoms. The van der Waals surface area contributed by atoms with Crippen molar-refractivity contribution in [2.45, 2.75) is 46.1 Å². The van der Waals surface area contributed by atoms with Crippen LogP contribution in [-0.2, 0) is 9.59 Å². The molecule has 108 valence electrons. The van der Waals surface area contributed by atoms with Crippen molar-refractivity contribution < 1.29 is 9.59 Å². The third-order valence-corrected chi connectivity index (χ3v) is 4.38. The number of piperazine rings is 1. The Morgan fingerprint density at radius 1 is 1.47 bits per heavy atom. The number of nitrogens with zero attached hydrogens (tertiary/aromatic N) is 1. The molecule has 0 aliphatic carbocycles. The van der Waals surface area contributed by atoms with Gasteiger partial charge in [0.15, 0.2) is 0 Å². The van der Waals surface area contributed by atoms with Gasteiger partial charge in [0.25, 0.3) is 0 Å². The molecule has 6 heteroatoms. The fourth-order valence-electron chi connectivity index (χ4n) is 2.03. The van der Waals surface area contributed by atoms with E-state index in [1.807, 2.05) is 32.6 Å². The van der Waals surface area contributed by atoms with Crippen molar-refractivity contribution in [1.82, 2.24) is 10.2 Å². The number of hydrogen-bond acceptors (Lipinski definition) is 4. The van der Waals surface area contributed by atoms with E-state index in [0.717, 1.165) is 12.8 Å². The number of nitrogens with two attached hydrogens (primary N) is 1. The molecule has 5 nitrogen and oxygen atoms in total. The third-order valence-electron chi connectivity index (χ3n) is 3.83. The van der Waals surface area contributed by atoms with Crippen LogP contribution in [0, 0.1) is 5.41 Å². The van der Waals surface area contributed by atoms with Gasteiger partial charge in [-0.3, -0.25) is 19.8 Å². The molecule has 1 fully saturated rings.